The standard InChI is InChI=1S/C16H23N3O2S.ClH/c1-12(2)14(17)9-11-19(3)22(20,21)15-8-4-6-13-7-5-10-18-16(13)15;/h4-8,10,12,14H,9,11,17H2,1-3H3;1H. The first kappa shape index (κ1) is 19.8. The minimum Gasteiger partial charge on any atom is -0.327 e. The molecule has 1 aromatic carbocycles. The number of nitrogens with two attached hydrogens (primary N) is 1. The molecule has 7 heteroatoms. The average molecular weight is 358 g/mol. The zero-order valence-corrected chi connectivity index (χ0v) is 15.3. The Morgan fingerprint density at radius 3 is 2.52 bits per heavy atom. The first-order valence-electron chi connectivity index (χ1n) is 7.39. The summed E-state index contributed by atoms with van der Waals surface area (Å²) < 4.78 is 26.9. The Bertz CT molecular complexity index is 745. The van der Waals surface area contributed by atoms with E-state index in [2.05, 4.69) is 4.98 Å². The molecule has 23 heavy (non-hydrogen) atoms. The Morgan fingerprint density at radius 1 is 1.22 bits per heavy atom. The molecule has 0 amide bonds. The monoisotopic (exact) mass is 357 g/mol. The number of pyridine rings is 1. The van der Waals surface area contributed by atoms with E-state index < -0.39 is 10.0 Å². The SMILES string of the molecule is CC(C)C(N)CCN(C)S(=O)(=O)c1cccc2cccnc12.Cl. The van der Waals surface area contributed by atoms with Crippen LogP contribution in [0.2, 0.25) is 0 Å². The zero-order chi connectivity index (χ0) is 16.3. The quantitative estimate of drug-likeness (QED) is 0.862. The third-order valence-corrected chi connectivity index (χ3v) is 5.81. The number of sulfonamides is 1. The van der Waals surface area contributed by atoms with Crippen LogP contribution in [0, 0.1) is 5.92 Å². The molecule has 0 aliphatic rings. The number of fused-ring (bicyclic) bond motifs is 1. The van der Waals surface area contributed by atoms with Crippen LogP contribution in [0.4, 0.5) is 0 Å². The van der Waals surface area contributed by atoms with Crippen LogP contribution < -0.4 is 5.73 Å². The second-order valence-corrected chi connectivity index (χ2v) is 7.87. The molecular weight excluding hydrogens is 334 g/mol. The van der Waals surface area contributed by atoms with Crippen molar-refractivity contribution in [2.24, 2.45) is 11.7 Å². The summed E-state index contributed by atoms with van der Waals surface area (Å²) in [6.45, 7) is 4.46. The van der Waals surface area contributed by atoms with Gasteiger partial charge in [-0.3, -0.25) is 4.98 Å². The highest BCUT2D eigenvalue weighted by atomic mass is 35.5. The lowest BCUT2D eigenvalue weighted by Gasteiger charge is -2.21. The summed E-state index contributed by atoms with van der Waals surface area (Å²) >= 11 is 0. The number of para-hydroxylation sites is 1. The predicted octanol–water partition coefficient (Wildman–Crippen LogP) is 2.65. The molecule has 0 fully saturated rings. The molecule has 1 heterocycles. The fourth-order valence-electron chi connectivity index (χ4n) is 2.24. The van der Waals surface area contributed by atoms with Crippen molar-refractivity contribution >= 4 is 33.3 Å². The second-order valence-electron chi connectivity index (χ2n) is 5.85. The minimum absolute atomic E-state index is 0. The number of benzene rings is 1. The molecule has 0 spiro atoms. The minimum atomic E-state index is -3.57. The van der Waals surface area contributed by atoms with Gasteiger partial charge in [-0.1, -0.05) is 32.0 Å². The van der Waals surface area contributed by atoms with Crippen LogP contribution in [-0.2, 0) is 10.0 Å². The zero-order valence-electron chi connectivity index (χ0n) is 13.6. The van der Waals surface area contributed by atoms with E-state index in [1.807, 2.05) is 26.0 Å². The average Bonchev–Trinajstić information content (AvgIpc) is 2.51. The predicted molar refractivity (Wildman–Crippen MR) is 96.2 cm³/mol. The molecule has 0 aliphatic heterocycles. The van der Waals surface area contributed by atoms with Crippen LogP contribution in [0.1, 0.15) is 20.3 Å². The summed E-state index contributed by atoms with van der Waals surface area (Å²) in [6.07, 6.45) is 2.24. The van der Waals surface area contributed by atoms with E-state index in [0.717, 1.165) is 5.39 Å². The number of rotatable bonds is 6. The van der Waals surface area contributed by atoms with Crippen LogP contribution in [0.5, 0.6) is 0 Å². The number of nitrogens with zero attached hydrogens (tertiary/aromatic N) is 2. The molecule has 1 aromatic heterocycles. The van der Waals surface area contributed by atoms with E-state index >= 15 is 0 Å². The summed E-state index contributed by atoms with van der Waals surface area (Å²) in [5, 5.41) is 0.816. The molecule has 1 unspecified atom stereocenters. The summed E-state index contributed by atoms with van der Waals surface area (Å²) in [5.41, 5.74) is 6.51. The topological polar surface area (TPSA) is 76.3 Å². The van der Waals surface area contributed by atoms with Gasteiger partial charge in [0.1, 0.15) is 4.90 Å². The van der Waals surface area contributed by atoms with E-state index in [-0.39, 0.29) is 23.3 Å². The molecule has 0 bridgehead atoms. The summed E-state index contributed by atoms with van der Waals surface area (Å²) in [6, 6.07) is 8.84. The van der Waals surface area contributed by atoms with Gasteiger partial charge in [0, 0.05) is 31.2 Å². The maximum absolute atomic E-state index is 12.8. The third kappa shape index (κ3) is 4.41. The molecule has 2 N–H and O–H groups in total. The molecule has 1 atom stereocenters. The van der Waals surface area contributed by atoms with Gasteiger partial charge in [0.05, 0.1) is 5.52 Å². The molecule has 0 aliphatic carbocycles. The number of hydrogen-bond acceptors (Lipinski definition) is 4. The summed E-state index contributed by atoms with van der Waals surface area (Å²) in [4.78, 5) is 4.46. The van der Waals surface area contributed by atoms with Crippen molar-refractivity contribution in [2.45, 2.75) is 31.2 Å². The van der Waals surface area contributed by atoms with Gasteiger partial charge in [-0.2, -0.15) is 0 Å². The Balaban J connectivity index is 0.00000264. The molecule has 2 rings (SSSR count). The van der Waals surface area contributed by atoms with Crippen molar-refractivity contribution in [2.75, 3.05) is 13.6 Å². The fraction of sp³-hybridized carbons (Fsp3) is 0.438. The van der Waals surface area contributed by atoms with Crippen molar-refractivity contribution in [3.63, 3.8) is 0 Å². The number of hydrogen-bond donors (Lipinski definition) is 1. The van der Waals surface area contributed by atoms with Crippen molar-refractivity contribution in [1.82, 2.24) is 9.29 Å². The van der Waals surface area contributed by atoms with Gasteiger partial charge in [0.25, 0.3) is 0 Å². The number of halogens is 1. The van der Waals surface area contributed by atoms with Crippen LogP contribution in [-0.4, -0.2) is 37.3 Å². The van der Waals surface area contributed by atoms with Gasteiger partial charge < -0.3 is 5.73 Å². The van der Waals surface area contributed by atoms with Crippen molar-refractivity contribution in [1.29, 1.82) is 0 Å². The summed E-state index contributed by atoms with van der Waals surface area (Å²) in [7, 11) is -1.98. The highest BCUT2D eigenvalue weighted by Gasteiger charge is 2.24. The van der Waals surface area contributed by atoms with Crippen LogP contribution in [0.3, 0.4) is 0 Å². The van der Waals surface area contributed by atoms with Crippen LogP contribution >= 0.6 is 12.4 Å². The smallest absolute Gasteiger partial charge is 0.244 e. The van der Waals surface area contributed by atoms with Crippen molar-refractivity contribution in [3.05, 3.63) is 36.5 Å². The van der Waals surface area contributed by atoms with E-state index in [9.17, 15) is 8.42 Å². The Hall–Kier alpha value is -1.21. The molecule has 0 radical (unpaired) electrons. The first-order valence-corrected chi connectivity index (χ1v) is 8.83. The van der Waals surface area contributed by atoms with Crippen LogP contribution in [0.15, 0.2) is 41.4 Å². The van der Waals surface area contributed by atoms with Gasteiger partial charge in [-0.05, 0) is 24.5 Å². The third-order valence-electron chi connectivity index (χ3n) is 3.92. The van der Waals surface area contributed by atoms with E-state index in [1.165, 1.54) is 4.31 Å². The van der Waals surface area contributed by atoms with Crippen molar-refractivity contribution < 1.29 is 8.42 Å². The first-order chi connectivity index (χ1) is 10.3. The van der Waals surface area contributed by atoms with E-state index in [0.29, 0.717) is 24.4 Å². The second kappa shape index (κ2) is 8.06. The Morgan fingerprint density at radius 2 is 1.87 bits per heavy atom. The molecule has 0 saturated heterocycles. The molecular formula is C16H24ClN3O2S. The Kier molecular flexibility index (Phi) is 6.95. The Labute approximate surface area is 144 Å². The fourth-order valence-corrected chi connectivity index (χ4v) is 3.58. The van der Waals surface area contributed by atoms with Crippen molar-refractivity contribution in [3.8, 4) is 0 Å². The lowest BCUT2D eigenvalue weighted by Crippen LogP contribution is -2.34. The molecule has 128 valence electrons. The maximum atomic E-state index is 12.8. The van der Waals surface area contributed by atoms with Gasteiger partial charge in [-0.25, -0.2) is 12.7 Å². The highest BCUT2D eigenvalue weighted by Crippen LogP contribution is 2.23. The van der Waals surface area contributed by atoms with Gasteiger partial charge in [0.15, 0.2) is 0 Å². The largest absolute Gasteiger partial charge is 0.327 e. The highest BCUT2D eigenvalue weighted by molar-refractivity contribution is 7.89. The van der Waals surface area contributed by atoms with Gasteiger partial charge >= 0.3 is 0 Å². The van der Waals surface area contributed by atoms with Gasteiger partial charge in [-0.15, -0.1) is 12.4 Å². The lowest BCUT2D eigenvalue weighted by atomic mass is 10.0. The molecule has 2 aromatic rings. The molecule has 5 nitrogen and oxygen atoms in total. The summed E-state index contributed by atoms with van der Waals surface area (Å²) in [5.74, 6) is 0.329. The van der Waals surface area contributed by atoms with Gasteiger partial charge in [0.2, 0.25) is 10.0 Å². The number of aromatic nitrogens is 1. The van der Waals surface area contributed by atoms with E-state index in [1.54, 1.807) is 31.4 Å². The normalized spacial score (nSPS) is 13.3. The lowest BCUT2D eigenvalue weighted by molar-refractivity contribution is 0.398. The molecule has 0 saturated carbocycles. The van der Waals surface area contributed by atoms with E-state index in [4.69, 9.17) is 5.73 Å². The maximum Gasteiger partial charge on any atom is 0.244 e. The van der Waals surface area contributed by atoms with Crippen LogP contribution in [0.25, 0.3) is 10.9 Å².